The summed E-state index contributed by atoms with van der Waals surface area (Å²) in [6.07, 6.45) is 1.32. The molecule has 10 heteroatoms. The number of nitrogens with zero attached hydrogens (tertiary/aromatic N) is 4. The van der Waals surface area contributed by atoms with Crippen molar-refractivity contribution in [1.82, 2.24) is 19.8 Å². The zero-order chi connectivity index (χ0) is 22.5. The van der Waals surface area contributed by atoms with Gasteiger partial charge >= 0.3 is 6.18 Å². The molecule has 1 aliphatic heterocycles. The number of amides is 1. The quantitative estimate of drug-likeness (QED) is 0.585. The van der Waals surface area contributed by atoms with E-state index in [2.05, 4.69) is 15.2 Å². The molecule has 0 spiro atoms. The Morgan fingerprint density at radius 3 is 2.56 bits per heavy atom. The Bertz CT molecular complexity index is 1180. The van der Waals surface area contributed by atoms with Crippen LogP contribution in [0.5, 0.6) is 0 Å². The van der Waals surface area contributed by atoms with E-state index in [1.807, 2.05) is 12.1 Å². The van der Waals surface area contributed by atoms with Gasteiger partial charge in [0.25, 0.3) is 0 Å². The Morgan fingerprint density at radius 1 is 1.16 bits per heavy atom. The standard InChI is InChI=1S/C22H19F4N5O/c23-15-11-14(6-7-18(15)30-10-8-20(29-30)22(24,25)26)17-12-19(16-5-2-9-27-16)31(28-17)21(32)13-3-1-4-13/h2,5-11,13,19,27H,1,3-4,12H2. The summed E-state index contributed by atoms with van der Waals surface area (Å²) < 4.78 is 54.1. The van der Waals surface area contributed by atoms with Gasteiger partial charge < -0.3 is 4.98 Å². The topological polar surface area (TPSA) is 66.3 Å². The minimum absolute atomic E-state index is 0.0424. The maximum absolute atomic E-state index is 14.8. The second-order valence-corrected chi connectivity index (χ2v) is 8.01. The van der Waals surface area contributed by atoms with Crippen LogP contribution in [0.25, 0.3) is 5.69 Å². The molecule has 2 aromatic heterocycles. The number of aromatic amines is 1. The molecule has 6 nitrogen and oxygen atoms in total. The summed E-state index contributed by atoms with van der Waals surface area (Å²) >= 11 is 0. The van der Waals surface area contributed by atoms with Gasteiger partial charge in [0.15, 0.2) is 5.69 Å². The van der Waals surface area contributed by atoms with Crippen molar-refractivity contribution < 1.29 is 22.4 Å². The van der Waals surface area contributed by atoms with E-state index in [9.17, 15) is 22.4 Å². The van der Waals surface area contributed by atoms with Crippen LogP contribution < -0.4 is 0 Å². The lowest BCUT2D eigenvalue weighted by Gasteiger charge is -2.30. The van der Waals surface area contributed by atoms with Crippen LogP contribution in [0.15, 0.2) is 53.9 Å². The fraction of sp³-hybridized carbons (Fsp3) is 0.318. The van der Waals surface area contributed by atoms with E-state index in [4.69, 9.17) is 0 Å². The molecule has 166 valence electrons. The van der Waals surface area contributed by atoms with E-state index in [0.717, 1.165) is 41.9 Å². The molecule has 32 heavy (non-hydrogen) atoms. The molecule has 0 saturated heterocycles. The first kappa shape index (κ1) is 20.5. The maximum Gasteiger partial charge on any atom is 0.435 e. The number of benzene rings is 1. The van der Waals surface area contributed by atoms with Gasteiger partial charge in [0.2, 0.25) is 5.91 Å². The predicted molar refractivity (Wildman–Crippen MR) is 107 cm³/mol. The molecule has 1 unspecified atom stereocenters. The summed E-state index contributed by atoms with van der Waals surface area (Å²) in [5, 5.41) is 9.43. The normalized spacial score (nSPS) is 19.2. The van der Waals surface area contributed by atoms with E-state index >= 15 is 0 Å². The summed E-state index contributed by atoms with van der Waals surface area (Å²) in [6, 6.07) is 8.36. The van der Waals surface area contributed by atoms with Crippen molar-refractivity contribution in [1.29, 1.82) is 0 Å². The van der Waals surface area contributed by atoms with Crippen LogP contribution in [-0.4, -0.2) is 31.4 Å². The Balaban J connectivity index is 1.44. The van der Waals surface area contributed by atoms with Crippen molar-refractivity contribution >= 4 is 11.6 Å². The zero-order valence-electron chi connectivity index (χ0n) is 16.8. The van der Waals surface area contributed by atoms with Gasteiger partial charge in [0.05, 0.1) is 5.71 Å². The smallest absolute Gasteiger partial charge is 0.363 e. The fourth-order valence-corrected chi connectivity index (χ4v) is 4.01. The molecule has 1 saturated carbocycles. The number of halogens is 4. The molecule has 2 aliphatic rings. The van der Waals surface area contributed by atoms with E-state index in [0.29, 0.717) is 17.7 Å². The summed E-state index contributed by atoms with van der Waals surface area (Å²) in [4.78, 5) is 16.0. The van der Waals surface area contributed by atoms with Gasteiger partial charge in [-0.05, 0) is 43.2 Å². The van der Waals surface area contributed by atoms with Crippen molar-refractivity contribution in [3.8, 4) is 5.69 Å². The van der Waals surface area contributed by atoms with Crippen LogP contribution in [0.1, 0.15) is 48.7 Å². The highest BCUT2D eigenvalue weighted by atomic mass is 19.4. The minimum Gasteiger partial charge on any atom is -0.363 e. The Labute approximate surface area is 180 Å². The summed E-state index contributed by atoms with van der Waals surface area (Å²) in [5.41, 5.74) is 0.644. The van der Waals surface area contributed by atoms with Crippen LogP contribution in [0.2, 0.25) is 0 Å². The molecule has 1 amide bonds. The number of nitrogens with one attached hydrogen (secondary N) is 1. The molecule has 1 fully saturated rings. The molecule has 1 N–H and O–H groups in total. The number of carbonyl (C=O) groups excluding carboxylic acids is 1. The van der Waals surface area contributed by atoms with Gasteiger partial charge in [-0.25, -0.2) is 14.1 Å². The number of carbonyl (C=O) groups is 1. The first-order valence-corrected chi connectivity index (χ1v) is 10.3. The van der Waals surface area contributed by atoms with Gasteiger partial charge in [0, 0.05) is 36.0 Å². The molecule has 0 bridgehead atoms. The number of hydrazone groups is 1. The van der Waals surface area contributed by atoms with E-state index in [1.54, 1.807) is 12.3 Å². The summed E-state index contributed by atoms with van der Waals surface area (Å²) in [7, 11) is 0. The van der Waals surface area contributed by atoms with Crippen molar-refractivity contribution in [2.45, 2.75) is 37.9 Å². The van der Waals surface area contributed by atoms with Crippen LogP contribution in [0.3, 0.4) is 0 Å². The SMILES string of the molecule is O=C(C1CCC1)N1N=C(c2ccc(-n3ccc(C(F)(F)F)n3)c(F)c2)CC1c1ccc[nH]1. The molecule has 1 aromatic carbocycles. The number of hydrogen-bond acceptors (Lipinski definition) is 3. The van der Waals surface area contributed by atoms with Gasteiger partial charge in [-0.2, -0.15) is 23.4 Å². The van der Waals surface area contributed by atoms with Crippen LogP contribution in [0, 0.1) is 11.7 Å². The minimum atomic E-state index is -4.61. The third-order valence-electron chi connectivity index (χ3n) is 5.98. The first-order valence-electron chi connectivity index (χ1n) is 10.3. The lowest BCUT2D eigenvalue weighted by Crippen LogP contribution is -2.36. The third kappa shape index (κ3) is 3.59. The predicted octanol–water partition coefficient (Wildman–Crippen LogP) is 4.84. The molecular formula is C22H19F4N5O. The number of alkyl halides is 3. The molecule has 1 atom stereocenters. The lowest BCUT2D eigenvalue weighted by molar-refractivity contribution is -0.141. The second kappa shape index (κ2) is 7.61. The average molecular weight is 445 g/mol. The van der Waals surface area contributed by atoms with Crippen molar-refractivity contribution in [2.24, 2.45) is 11.0 Å². The molecule has 5 rings (SSSR count). The Morgan fingerprint density at radius 2 is 1.97 bits per heavy atom. The van der Waals surface area contributed by atoms with Gasteiger partial charge in [-0.15, -0.1) is 0 Å². The van der Waals surface area contributed by atoms with Gasteiger partial charge in [-0.1, -0.05) is 12.5 Å². The number of hydrogen-bond donors (Lipinski definition) is 1. The summed E-state index contributed by atoms with van der Waals surface area (Å²) in [6.45, 7) is 0. The molecular weight excluding hydrogens is 426 g/mol. The highest BCUT2D eigenvalue weighted by Crippen LogP contribution is 2.37. The lowest BCUT2D eigenvalue weighted by atomic mass is 9.84. The largest absolute Gasteiger partial charge is 0.435 e. The number of H-pyrrole nitrogens is 1. The Kier molecular flexibility index (Phi) is 4.87. The van der Waals surface area contributed by atoms with Crippen molar-refractivity contribution in [2.75, 3.05) is 0 Å². The molecule has 0 radical (unpaired) electrons. The number of rotatable bonds is 4. The van der Waals surface area contributed by atoms with Crippen molar-refractivity contribution in [3.63, 3.8) is 0 Å². The van der Waals surface area contributed by atoms with Crippen LogP contribution in [0.4, 0.5) is 17.6 Å². The van der Waals surface area contributed by atoms with Crippen molar-refractivity contribution in [3.05, 3.63) is 71.6 Å². The van der Waals surface area contributed by atoms with Crippen LogP contribution >= 0.6 is 0 Å². The zero-order valence-corrected chi connectivity index (χ0v) is 16.8. The number of aromatic nitrogens is 3. The van der Waals surface area contributed by atoms with E-state index < -0.39 is 17.7 Å². The van der Waals surface area contributed by atoms with E-state index in [-0.39, 0.29) is 23.6 Å². The third-order valence-corrected chi connectivity index (χ3v) is 5.98. The highest BCUT2D eigenvalue weighted by molar-refractivity contribution is 6.03. The molecule has 3 heterocycles. The van der Waals surface area contributed by atoms with Gasteiger partial charge in [-0.3, -0.25) is 4.79 Å². The monoisotopic (exact) mass is 445 g/mol. The highest BCUT2D eigenvalue weighted by Gasteiger charge is 2.39. The second-order valence-electron chi connectivity index (χ2n) is 8.01. The van der Waals surface area contributed by atoms with Crippen LogP contribution in [-0.2, 0) is 11.0 Å². The average Bonchev–Trinajstić information content (AvgIpc) is 3.44. The first-order chi connectivity index (χ1) is 15.3. The fourth-order valence-electron chi connectivity index (χ4n) is 4.01. The summed E-state index contributed by atoms with van der Waals surface area (Å²) in [5.74, 6) is -0.821. The maximum atomic E-state index is 14.8. The Hall–Kier alpha value is -3.43. The molecule has 1 aliphatic carbocycles. The van der Waals surface area contributed by atoms with E-state index in [1.165, 1.54) is 17.1 Å². The molecule has 3 aromatic rings. The van der Waals surface area contributed by atoms with Gasteiger partial charge in [0.1, 0.15) is 17.5 Å².